The summed E-state index contributed by atoms with van der Waals surface area (Å²) in [7, 11) is 0. The maximum absolute atomic E-state index is 6.22. The monoisotopic (exact) mass is 271 g/mol. The highest BCUT2D eigenvalue weighted by Gasteiger charge is 2.14. The topological polar surface area (TPSA) is 53.1 Å². The van der Waals surface area contributed by atoms with Gasteiger partial charge >= 0.3 is 0 Å². The largest absolute Gasteiger partial charge is 0.494 e. The van der Waals surface area contributed by atoms with E-state index in [0.29, 0.717) is 19.0 Å². The van der Waals surface area contributed by atoms with E-state index in [4.69, 9.17) is 10.5 Å². The first-order valence-electron chi connectivity index (χ1n) is 6.90. The van der Waals surface area contributed by atoms with Crippen molar-refractivity contribution in [3.05, 3.63) is 42.7 Å². The molecule has 0 saturated heterocycles. The van der Waals surface area contributed by atoms with Crippen molar-refractivity contribution >= 4 is 5.82 Å². The molecule has 0 aliphatic carbocycles. The maximum Gasteiger partial charge on any atom is 0.132 e. The molecule has 0 radical (unpaired) electrons. The predicted molar refractivity (Wildman–Crippen MR) is 82.8 cm³/mol. The number of ether oxygens (including phenoxy) is 1. The van der Waals surface area contributed by atoms with E-state index in [9.17, 15) is 0 Å². The van der Waals surface area contributed by atoms with E-state index < -0.39 is 0 Å². The van der Waals surface area contributed by atoms with Crippen molar-refractivity contribution in [2.75, 3.05) is 12.3 Å². The Hall–Kier alpha value is -2.23. The Balaban J connectivity index is 2.39. The molecule has 1 aromatic carbocycles. The average molecular weight is 271 g/mol. The Morgan fingerprint density at radius 1 is 1.30 bits per heavy atom. The molecule has 0 fully saturated rings. The van der Waals surface area contributed by atoms with Crippen LogP contribution in [0.3, 0.4) is 0 Å². The molecule has 0 bridgehead atoms. The van der Waals surface area contributed by atoms with Crippen LogP contribution in [-0.2, 0) is 13.0 Å². The van der Waals surface area contributed by atoms with Gasteiger partial charge in [0, 0.05) is 18.5 Å². The van der Waals surface area contributed by atoms with Crippen LogP contribution in [-0.4, -0.2) is 16.2 Å². The van der Waals surface area contributed by atoms with Gasteiger partial charge in [-0.1, -0.05) is 13.0 Å². The molecule has 0 aliphatic rings. The second-order valence-corrected chi connectivity index (χ2v) is 4.47. The lowest BCUT2D eigenvalue weighted by Gasteiger charge is -2.06. The summed E-state index contributed by atoms with van der Waals surface area (Å²) in [6.45, 7) is 9.15. The van der Waals surface area contributed by atoms with Crippen LogP contribution >= 0.6 is 0 Å². The Morgan fingerprint density at radius 2 is 2.00 bits per heavy atom. The van der Waals surface area contributed by atoms with Crippen LogP contribution in [0.1, 0.15) is 19.7 Å². The minimum atomic E-state index is 0.662. The van der Waals surface area contributed by atoms with Gasteiger partial charge in [0.15, 0.2) is 0 Å². The molecule has 20 heavy (non-hydrogen) atoms. The van der Waals surface area contributed by atoms with Gasteiger partial charge in [-0.2, -0.15) is 0 Å². The number of allylic oxidation sites excluding steroid dienone is 1. The van der Waals surface area contributed by atoms with E-state index in [1.165, 1.54) is 0 Å². The fourth-order valence-electron chi connectivity index (χ4n) is 2.20. The van der Waals surface area contributed by atoms with Crippen LogP contribution in [0.5, 0.6) is 5.75 Å². The molecule has 0 saturated carbocycles. The van der Waals surface area contributed by atoms with Crippen LogP contribution < -0.4 is 10.5 Å². The van der Waals surface area contributed by atoms with E-state index in [1.807, 2.05) is 41.8 Å². The van der Waals surface area contributed by atoms with Crippen molar-refractivity contribution in [2.24, 2.45) is 0 Å². The Labute approximate surface area is 119 Å². The number of hydrogen-bond acceptors (Lipinski definition) is 3. The Bertz CT molecular complexity index is 585. The second-order valence-electron chi connectivity index (χ2n) is 4.47. The fourth-order valence-corrected chi connectivity index (χ4v) is 2.20. The molecule has 1 aromatic heterocycles. The van der Waals surface area contributed by atoms with Gasteiger partial charge in [-0.05, 0) is 31.2 Å². The third-order valence-electron chi connectivity index (χ3n) is 3.15. The van der Waals surface area contributed by atoms with Gasteiger partial charge in [0.2, 0.25) is 0 Å². The SMILES string of the molecule is C=CCn1c(CC)nc(-c2ccc(OCC)cc2)c1N. The first-order valence-corrected chi connectivity index (χ1v) is 6.90. The number of hydrogen-bond donors (Lipinski definition) is 1. The summed E-state index contributed by atoms with van der Waals surface area (Å²) in [4.78, 5) is 4.64. The maximum atomic E-state index is 6.22. The normalized spacial score (nSPS) is 10.5. The molecule has 106 valence electrons. The van der Waals surface area contributed by atoms with E-state index >= 15 is 0 Å². The summed E-state index contributed by atoms with van der Waals surface area (Å²) in [5.74, 6) is 2.52. The predicted octanol–water partition coefficient (Wildman–Crippen LogP) is 3.28. The lowest BCUT2D eigenvalue weighted by molar-refractivity contribution is 0.340. The fraction of sp³-hybridized carbons (Fsp3) is 0.312. The highest BCUT2D eigenvalue weighted by Crippen LogP contribution is 2.28. The van der Waals surface area contributed by atoms with Crippen molar-refractivity contribution in [3.63, 3.8) is 0 Å². The summed E-state index contributed by atoms with van der Waals surface area (Å²) in [5.41, 5.74) is 8.04. The Kier molecular flexibility index (Phi) is 4.45. The number of anilines is 1. The molecule has 2 N–H and O–H groups in total. The van der Waals surface area contributed by atoms with Gasteiger partial charge in [-0.15, -0.1) is 6.58 Å². The lowest BCUT2D eigenvalue weighted by Crippen LogP contribution is -2.05. The highest BCUT2D eigenvalue weighted by molar-refractivity contribution is 5.71. The second kappa shape index (κ2) is 6.28. The molecule has 0 unspecified atom stereocenters. The number of rotatable bonds is 6. The zero-order chi connectivity index (χ0) is 14.5. The van der Waals surface area contributed by atoms with E-state index in [1.54, 1.807) is 0 Å². The first-order chi connectivity index (χ1) is 9.71. The van der Waals surface area contributed by atoms with Gasteiger partial charge in [-0.3, -0.25) is 0 Å². The number of nitrogen functional groups attached to an aromatic ring is 1. The summed E-state index contributed by atoms with van der Waals surface area (Å²) in [6, 6.07) is 7.86. The summed E-state index contributed by atoms with van der Waals surface area (Å²) in [5, 5.41) is 0. The molecule has 2 aromatic rings. The summed E-state index contributed by atoms with van der Waals surface area (Å²) >= 11 is 0. The third kappa shape index (κ3) is 2.69. The summed E-state index contributed by atoms with van der Waals surface area (Å²) < 4.78 is 7.44. The van der Waals surface area contributed by atoms with Gasteiger partial charge < -0.3 is 15.0 Å². The van der Waals surface area contributed by atoms with Gasteiger partial charge in [0.1, 0.15) is 23.1 Å². The number of aryl methyl sites for hydroxylation is 1. The van der Waals surface area contributed by atoms with Crippen LogP contribution in [0.15, 0.2) is 36.9 Å². The third-order valence-corrected chi connectivity index (χ3v) is 3.15. The van der Waals surface area contributed by atoms with Crippen molar-refractivity contribution in [1.29, 1.82) is 0 Å². The molecular formula is C16H21N3O. The number of nitrogens with two attached hydrogens (primary N) is 1. The van der Waals surface area contributed by atoms with E-state index in [0.717, 1.165) is 29.3 Å². The van der Waals surface area contributed by atoms with Crippen LogP contribution in [0.2, 0.25) is 0 Å². The average Bonchev–Trinajstić information content (AvgIpc) is 2.78. The minimum absolute atomic E-state index is 0.662. The molecule has 4 nitrogen and oxygen atoms in total. The molecule has 0 spiro atoms. The minimum Gasteiger partial charge on any atom is -0.494 e. The molecule has 0 aliphatic heterocycles. The van der Waals surface area contributed by atoms with Gasteiger partial charge in [0.25, 0.3) is 0 Å². The highest BCUT2D eigenvalue weighted by atomic mass is 16.5. The quantitative estimate of drug-likeness (QED) is 0.820. The number of nitrogens with zero attached hydrogens (tertiary/aromatic N) is 2. The van der Waals surface area contributed by atoms with Gasteiger partial charge in [0.05, 0.1) is 6.61 Å². The van der Waals surface area contributed by atoms with Crippen LogP contribution in [0, 0.1) is 0 Å². The lowest BCUT2D eigenvalue weighted by atomic mass is 10.1. The molecule has 2 rings (SSSR count). The molecule has 0 atom stereocenters. The molecule has 0 amide bonds. The zero-order valence-electron chi connectivity index (χ0n) is 12.1. The molecule has 4 heteroatoms. The van der Waals surface area contributed by atoms with Crippen LogP contribution in [0.25, 0.3) is 11.3 Å². The number of aromatic nitrogens is 2. The van der Waals surface area contributed by atoms with Crippen LogP contribution in [0.4, 0.5) is 5.82 Å². The number of benzene rings is 1. The molecular weight excluding hydrogens is 250 g/mol. The van der Waals surface area contributed by atoms with Crippen molar-refractivity contribution < 1.29 is 4.74 Å². The smallest absolute Gasteiger partial charge is 0.132 e. The van der Waals surface area contributed by atoms with Gasteiger partial charge in [-0.25, -0.2) is 4.98 Å². The van der Waals surface area contributed by atoms with Crippen molar-refractivity contribution in [3.8, 4) is 17.0 Å². The van der Waals surface area contributed by atoms with E-state index in [-0.39, 0.29) is 0 Å². The first kappa shape index (κ1) is 14.2. The Morgan fingerprint density at radius 3 is 2.55 bits per heavy atom. The van der Waals surface area contributed by atoms with E-state index in [2.05, 4.69) is 18.5 Å². The zero-order valence-corrected chi connectivity index (χ0v) is 12.1. The van der Waals surface area contributed by atoms with Crippen molar-refractivity contribution in [2.45, 2.75) is 26.8 Å². The van der Waals surface area contributed by atoms with Crippen molar-refractivity contribution in [1.82, 2.24) is 9.55 Å². The molecule has 1 heterocycles. The number of imidazole rings is 1. The standard InChI is InChI=1S/C16H21N3O/c1-4-11-19-14(5-2)18-15(16(19)17)12-7-9-13(10-8-12)20-6-3/h4,7-10H,1,5-6,11,17H2,2-3H3. The summed E-state index contributed by atoms with van der Waals surface area (Å²) in [6.07, 6.45) is 2.67.